The van der Waals surface area contributed by atoms with Crippen LogP contribution in [0, 0.1) is 5.41 Å². The molecule has 0 heteroatoms. The first-order valence-corrected chi connectivity index (χ1v) is 5.01. The second-order valence-corrected chi connectivity index (χ2v) is 4.27. The Kier molecular flexibility index (Phi) is 1.78. The highest BCUT2D eigenvalue weighted by Gasteiger charge is 2.35. The van der Waals surface area contributed by atoms with E-state index in [0.717, 1.165) is 0 Å². The molecule has 0 aromatic carbocycles. The number of allylic oxidation sites excluding steroid dienone is 2. The first kappa shape index (κ1) is 7.39. The van der Waals surface area contributed by atoms with E-state index in [4.69, 9.17) is 0 Å². The van der Waals surface area contributed by atoms with Crippen molar-refractivity contribution >= 4 is 0 Å². The van der Waals surface area contributed by atoms with Crippen molar-refractivity contribution in [2.45, 2.75) is 51.9 Å². The third kappa shape index (κ3) is 1.13. The molecule has 0 saturated heterocycles. The minimum Gasteiger partial charge on any atom is -0.0850 e. The van der Waals surface area contributed by atoms with Crippen LogP contribution in [0.1, 0.15) is 51.9 Å². The molecule has 0 atom stereocenters. The fraction of sp³-hybridized carbons (Fsp3) is 0.818. The molecule has 0 nitrogen and oxygen atoms in total. The molecule has 2 aliphatic rings. The molecule has 1 spiro atoms. The Hall–Kier alpha value is -0.260. The lowest BCUT2D eigenvalue weighted by Gasteiger charge is -2.35. The van der Waals surface area contributed by atoms with Gasteiger partial charge < -0.3 is 0 Å². The predicted molar refractivity (Wildman–Crippen MR) is 48.5 cm³/mol. The molecule has 62 valence electrons. The van der Waals surface area contributed by atoms with Gasteiger partial charge >= 0.3 is 0 Å². The molecule has 0 heterocycles. The van der Waals surface area contributed by atoms with Crippen molar-refractivity contribution in [1.29, 1.82) is 0 Å². The van der Waals surface area contributed by atoms with Crippen molar-refractivity contribution < 1.29 is 0 Å². The standard InChI is InChI=1S/C11H18/c1-10-6-5-9-11(10)7-3-2-4-8-11/h6H,2-5,7-9H2,1H3. The normalized spacial score (nSPS) is 29.0. The van der Waals surface area contributed by atoms with E-state index >= 15 is 0 Å². The fourth-order valence-electron chi connectivity index (χ4n) is 2.85. The van der Waals surface area contributed by atoms with Gasteiger partial charge in [0.05, 0.1) is 0 Å². The first-order chi connectivity index (χ1) is 5.33. The Morgan fingerprint density at radius 3 is 2.36 bits per heavy atom. The van der Waals surface area contributed by atoms with E-state index < -0.39 is 0 Å². The third-order valence-corrected chi connectivity index (χ3v) is 3.72. The average Bonchev–Trinajstić information content (AvgIpc) is 2.36. The summed E-state index contributed by atoms with van der Waals surface area (Å²) in [6, 6.07) is 0. The van der Waals surface area contributed by atoms with E-state index in [1.54, 1.807) is 5.57 Å². The lowest BCUT2D eigenvalue weighted by atomic mass is 9.70. The summed E-state index contributed by atoms with van der Waals surface area (Å²) in [6.45, 7) is 2.35. The summed E-state index contributed by atoms with van der Waals surface area (Å²) in [5.41, 5.74) is 2.40. The van der Waals surface area contributed by atoms with Crippen LogP contribution in [0.15, 0.2) is 11.6 Å². The summed E-state index contributed by atoms with van der Waals surface area (Å²) < 4.78 is 0. The van der Waals surface area contributed by atoms with Crippen molar-refractivity contribution in [1.82, 2.24) is 0 Å². The minimum absolute atomic E-state index is 0.693. The highest BCUT2D eigenvalue weighted by atomic mass is 14.4. The van der Waals surface area contributed by atoms with Crippen molar-refractivity contribution in [2.75, 3.05) is 0 Å². The van der Waals surface area contributed by atoms with Crippen LogP contribution in [0.2, 0.25) is 0 Å². The zero-order valence-corrected chi connectivity index (χ0v) is 7.53. The molecule has 0 aromatic heterocycles. The van der Waals surface area contributed by atoms with Crippen LogP contribution in [0.5, 0.6) is 0 Å². The van der Waals surface area contributed by atoms with Gasteiger partial charge in [0.1, 0.15) is 0 Å². The van der Waals surface area contributed by atoms with E-state index in [1.165, 1.54) is 44.9 Å². The number of rotatable bonds is 0. The van der Waals surface area contributed by atoms with Crippen LogP contribution in [-0.2, 0) is 0 Å². The molecule has 2 rings (SSSR count). The molecule has 0 aromatic rings. The Bertz CT molecular complexity index is 170. The maximum Gasteiger partial charge on any atom is -0.00879 e. The van der Waals surface area contributed by atoms with Gasteiger partial charge in [0.25, 0.3) is 0 Å². The van der Waals surface area contributed by atoms with Gasteiger partial charge in [-0.3, -0.25) is 0 Å². The summed E-state index contributed by atoms with van der Waals surface area (Å²) in [5.74, 6) is 0. The lowest BCUT2D eigenvalue weighted by Crippen LogP contribution is -2.22. The highest BCUT2D eigenvalue weighted by Crippen LogP contribution is 2.49. The quantitative estimate of drug-likeness (QED) is 0.462. The van der Waals surface area contributed by atoms with Crippen molar-refractivity contribution in [3.63, 3.8) is 0 Å². The molecule has 1 fully saturated rings. The molecular weight excluding hydrogens is 132 g/mol. The SMILES string of the molecule is CC1=CCCC12CCCCC2. The van der Waals surface area contributed by atoms with Gasteiger partial charge in [-0.15, -0.1) is 0 Å². The highest BCUT2D eigenvalue weighted by molar-refractivity contribution is 5.18. The van der Waals surface area contributed by atoms with Crippen LogP contribution in [-0.4, -0.2) is 0 Å². The average molecular weight is 150 g/mol. The molecule has 0 unspecified atom stereocenters. The largest absolute Gasteiger partial charge is 0.0850 e. The molecule has 1 saturated carbocycles. The van der Waals surface area contributed by atoms with Gasteiger partial charge in [-0.25, -0.2) is 0 Å². The molecule has 2 aliphatic carbocycles. The van der Waals surface area contributed by atoms with Crippen molar-refractivity contribution in [2.24, 2.45) is 5.41 Å². The van der Waals surface area contributed by atoms with E-state index in [1.807, 2.05) is 0 Å². The zero-order valence-electron chi connectivity index (χ0n) is 7.53. The summed E-state index contributed by atoms with van der Waals surface area (Å²) >= 11 is 0. The van der Waals surface area contributed by atoms with E-state index in [-0.39, 0.29) is 0 Å². The first-order valence-electron chi connectivity index (χ1n) is 5.01. The Labute approximate surface area is 69.7 Å². The van der Waals surface area contributed by atoms with Crippen LogP contribution in [0.3, 0.4) is 0 Å². The molecule has 0 aliphatic heterocycles. The lowest BCUT2D eigenvalue weighted by molar-refractivity contribution is 0.238. The maximum absolute atomic E-state index is 2.46. The Morgan fingerprint density at radius 1 is 1.09 bits per heavy atom. The van der Waals surface area contributed by atoms with Crippen molar-refractivity contribution in [3.8, 4) is 0 Å². The molecule has 0 N–H and O–H groups in total. The predicted octanol–water partition coefficient (Wildman–Crippen LogP) is 3.68. The Balaban J connectivity index is 2.14. The third-order valence-electron chi connectivity index (χ3n) is 3.72. The van der Waals surface area contributed by atoms with Crippen LogP contribution < -0.4 is 0 Å². The van der Waals surface area contributed by atoms with E-state index in [0.29, 0.717) is 5.41 Å². The van der Waals surface area contributed by atoms with Gasteiger partial charge in [-0.05, 0) is 38.0 Å². The summed E-state index contributed by atoms with van der Waals surface area (Å²) in [7, 11) is 0. The van der Waals surface area contributed by atoms with Crippen LogP contribution >= 0.6 is 0 Å². The van der Waals surface area contributed by atoms with Crippen LogP contribution in [0.4, 0.5) is 0 Å². The van der Waals surface area contributed by atoms with Gasteiger partial charge in [-0.2, -0.15) is 0 Å². The van der Waals surface area contributed by atoms with E-state index in [2.05, 4.69) is 13.0 Å². The molecule has 0 amide bonds. The second-order valence-electron chi connectivity index (χ2n) is 4.27. The number of hydrogen-bond acceptors (Lipinski definition) is 0. The summed E-state index contributed by atoms with van der Waals surface area (Å²) in [4.78, 5) is 0. The monoisotopic (exact) mass is 150 g/mol. The zero-order chi connectivity index (χ0) is 7.73. The second kappa shape index (κ2) is 2.66. The van der Waals surface area contributed by atoms with Gasteiger partial charge in [0, 0.05) is 0 Å². The minimum atomic E-state index is 0.693. The number of hydrogen-bond donors (Lipinski definition) is 0. The van der Waals surface area contributed by atoms with E-state index in [9.17, 15) is 0 Å². The molecule has 11 heavy (non-hydrogen) atoms. The maximum atomic E-state index is 2.46. The van der Waals surface area contributed by atoms with Crippen LogP contribution in [0.25, 0.3) is 0 Å². The fourth-order valence-corrected chi connectivity index (χ4v) is 2.85. The smallest absolute Gasteiger partial charge is 0.00879 e. The topological polar surface area (TPSA) is 0 Å². The van der Waals surface area contributed by atoms with Gasteiger partial charge in [-0.1, -0.05) is 30.9 Å². The Morgan fingerprint density at radius 2 is 1.82 bits per heavy atom. The van der Waals surface area contributed by atoms with Gasteiger partial charge in [0.15, 0.2) is 0 Å². The summed E-state index contributed by atoms with van der Waals surface area (Å²) in [6.07, 6.45) is 12.7. The molecule has 0 radical (unpaired) electrons. The molecule has 0 bridgehead atoms. The van der Waals surface area contributed by atoms with Crippen molar-refractivity contribution in [3.05, 3.63) is 11.6 Å². The molecular formula is C11H18. The van der Waals surface area contributed by atoms with Gasteiger partial charge in [0.2, 0.25) is 0 Å². The summed E-state index contributed by atoms with van der Waals surface area (Å²) in [5, 5.41) is 0.